The average molecular weight is 400 g/mol. The number of hydrogen-bond acceptors (Lipinski definition) is 5. The summed E-state index contributed by atoms with van der Waals surface area (Å²) in [7, 11) is 0. The molecule has 0 fully saturated rings. The monoisotopic (exact) mass is 400 g/mol. The Morgan fingerprint density at radius 3 is 2.52 bits per heavy atom. The van der Waals surface area contributed by atoms with Crippen molar-refractivity contribution in [2.24, 2.45) is 0 Å². The zero-order chi connectivity index (χ0) is 20.9. The van der Waals surface area contributed by atoms with Gasteiger partial charge in [0.2, 0.25) is 0 Å². The predicted octanol–water partition coefficient (Wildman–Crippen LogP) is 5.08. The molecule has 0 aromatic heterocycles. The fraction of sp³-hybridized carbons (Fsp3) is 0.364. The summed E-state index contributed by atoms with van der Waals surface area (Å²) in [5.41, 5.74) is 1.19. The second-order valence-corrected chi connectivity index (χ2v) is 6.19. The van der Waals surface area contributed by atoms with Crippen LogP contribution in [0.5, 0.6) is 5.75 Å². The summed E-state index contributed by atoms with van der Waals surface area (Å²) in [6, 6.07) is 15.9. The molecule has 0 aliphatic heterocycles. The number of nitrogens with one attached hydrogen (secondary N) is 1. The molecule has 7 nitrogen and oxygen atoms in total. The van der Waals surface area contributed by atoms with Crippen molar-refractivity contribution >= 4 is 23.6 Å². The third-order valence-corrected chi connectivity index (χ3v) is 3.95. The molecule has 0 saturated carbocycles. The van der Waals surface area contributed by atoms with E-state index in [1.54, 1.807) is 31.2 Å². The van der Waals surface area contributed by atoms with Crippen molar-refractivity contribution in [3.63, 3.8) is 0 Å². The van der Waals surface area contributed by atoms with Gasteiger partial charge in [-0.1, -0.05) is 37.6 Å². The highest BCUT2D eigenvalue weighted by molar-refractivity contribution is 5.89. The van der Waals surface area contributed by atoms with Crippen molar-refractivity contribution in [1.29, 1.82) is 0 Å². The first-order chi connectivity index (χ1) is 14.1. The third-order valence-electron chi connectivity index (χ3n) is 3.95. The lowest BCUT2D eigenvalue weighted by molar-refractivity contribution is 0.135. The van der Waals surface area contributed by atoms with Gasteiger partial charge in [0.15, 0.2) is 0 Å². The molecule has 0 aliphatic rings. The molecule has 2 amide bonds. The first-order valence-electron chi connectivity index (χ1n) is 9.80. The number of para-hydroxylation sites is 1. The van der Waals surface area contributed by atoms with E-state index in [1.807, 2.05) is 30.3 Å². The Hall–Kier alpha value is -3.06. The molecule has 2 aromatic rings. The number of amides is 2. The molecule has 0 aliphatic carbocycles. The van der Waals surface area contributed by atoms with Crippen molar-refractivity contribution in [3.8, 4) is 5.75 Å². The standard InChI is InChI=1S/C22H28N2O5/c1-3-5-15-27-16-14-24(19-11-7-6-8-12-19)22(26)29-20-13-9-10-18(17-20)23-21(25)28-4-2/h6-13,17H,3-5,14-16H2,1-2H3,(H,23,25). The third kappa shape index (κ3) is 7.83. The quantitative estimate of drug-likeness (QED) is 0.563. The molecule has 1 N–H and O–H groups in total. The number of carbonyl (C=O) groups is 2. The maximum Gasteiger partial charge on any atom is 0.419 e. The van der Waals surface area contributed by atoms with Crippen LogP contribution in [0.25, 0.3) is 0 Å². The van der Waals surface area contributed by atoms with Gasteiger partial charge < -0.3 is 14.2 Å². The number of nitrogens with zero attached hydrogens (tertiary/aromatic N) is 1. The molecule has 7 heteroatoms. The molecule has 0 unspecified atom stereocenters. The van der Waals surface area contributed by atoms with Crippen LogP contribution in [0.1, 0.15) is 26.7 Å². The number of carbonyl (C=O) groups excluding carboxylic acids is 2. The average Bonchev–Trinajstić information content (AvgIpc) is 2.71. The molecule has 156 valence electrons. The maximum absolute atomic E-state index is 12.8. The van der Waals surface area contributed by atoms with Crippen LogP contribution < -0.4 is 15.0 Å². The summed E-state index contributed by atoms with van der Waals surface area (Å²) >= 11 is 0. The Balaban J connectivity index is 2.04. The largest absolute Gasteiger partial charge is 0.450 e. The molecular weight excluding hydrogens is 372 g/mol. The molecule has 0 bridgehead atoms. The lowest BCUT2D eigenvalue weighted by Crippen LogP contribution is -2.36. The molecule has 2 aromatic carbocycles. The van der Waals surface area contributed by atoms with Crippen LogP contribution >= 0.6 is 0 Å². The molecule has 0 saturated heterocycles. The van der Waals surface area contributed by atoms with Gasteiger partial charge in [-0.15, -0.1) is 0 Å². The number of ether oxygens (including phenoxy) is 3. The van der Waals surface area contributed by atoms with Crippen LogP contribution in [0.4, 0.5) is 21.0 Å². The number of unbranched alkanes of at least 4 members (excludes halogenated alkanes) is 1. The Labute approximate surface area is 171 Å². The topological polar surface area (TPSA) is 77.1 Å². The highest BCUT2D eigenvalue weighted by Gasteiger charge is 2.18. The van der Waals surface area contributed by atoms with Gasteiger partial charge in [-0.2, -0.15) is 0 Å². The van der Waals surface area contributed by atoms with Crippen molar-refractivity contribution in [1.82, 2.24) is 0 Å². The van der Waals surface area contributed by atoms with Crippen LogP contribution in [-0.2, 0) is 9.47 Å². The zero-order valence-corrected chi connectivity index (χ0v) is 16.9. The highest BCUT2D eigenvalue weighted by atomic mass is 16.6. The van der Waals surface area contributed by atoms with E-state index in [4.69, 9.17) is 14.2 Å². The van der Waals surface area contributed by atoms with Crippen LogP contribution in [0.15, 0.2) is 54.6 Å². The zero-order valence-electron chi connectivity index (χ0n) is 16.9. The van der Waals surface area contributed by atoms with Crippen molar-refractivity contribution < 1.29 is 23.8 Å². The van der Waals surface area contributed by atoms with E-state index in [0.29, 0.717) is 31.2 Å². The molecule has 0 atom stereocenters. The normalized spacial score (nSPS) is 10.3. The van der Waals surface area contributed by atoms with Crippen molar-refractivity contribution in [2.45, 2.75) is 26.7 Å². The summed E-state index contributed by atoms with van der Waals surface area (Å²) < 4.78 is 16.0. The first-order valence-corrected chi connectivity index (χ1v) is 9.80. The van der Waals surface area contributed by atoms with Gasteiger partial charge in [0.25, 0.3) is 0 Å². The smallest absolute Gasteiger partial charge is 0.419 e. The summed E-state index contributed by atoms with van der Waals surface area (Å²) in [6.07, 6.45) is 0.950. The predicted molar refractivity (Wildman–Crippen MR) is 113 cm³/mol. The summed E-state index contributed by atoms with van der Waals surface area (Å²) in [5, 5.41) is 2.59. The SMILES string of the molecule is CCCCOCCN(C(=O)Oc1cccc(NC(=O)OCC)c1)c1ccccc1. The van der Waals surface area contributed by atoms with Gasteiger partial charge in [0, 0.05) is 24.0 Å². The van der Waals surface area contributed by atoms with Crippen LogP contribution in [0.2, 0.25) is 0 Å². The number of hydrogen-bond donors (Lipinski definition) is 1. The summed E-state index contributed by atoms with van der Waals surface area (Å²) in [5.74, 6) is 0.317. The second kappa shape index (κ2) is 12.4. The van der Waals surface area contributed by atoms with E-state index < -0.39 is 12.2 Å². The maximum atomic E-state index is 12.8. The Kier molecular flexibility index (Phi) is 9.51. The van der Waals surface area contributed by atoms with E-state index in [2.05, 4.69) is 12.2 Å². The second-order valence-electron chi connectivity index (χ2n) is 6.19. The van der Waals surface area contributed by atoms with Gasteiger partial charge in [0.05, 0.1) is 19.8 Å². The molecule has 2 rings (SSSR count). The number of rotatable bonds is 10. The van der Waals surface area contributed by atoms with Gasteiger partial charge >= 0.3 is 12.2 Å². The minimum atomic E-state index is -0.564. The fourth-order valence-electron chi connectivity index (χ4n) is 2.52. The van der Waals surface area contributed by atoms with Crippen LogP contribution in [-0.4, -0.2) is 38.6 Å². The Morgan fingerprint density at radius 2 is 1.79 bits per heavy atom. The van der Waals surface area contributed by atoms with Crippen LogP contribution in [0, 0.1) is 0 Å². The Morgan fingerprint density at radius 1 is 1.00 bits per heavy atom. The first kappa shape index (κ1) is 22.2. The molecule has 0 radical (unpaired) electrons. The van der Waals surface area contributed by atoms with E-state index in [-0.39, 0.29) is 6.61 Å². The van der Waals surface area contributed by atoms with Crippen LogP contribution in [0.3, 0.4) is 0 Å². The Bertz CT molecular complexity index is 767. The fourth-order valence-corrected chi connectivity index (χ4v) is 2.52. The van der Waals surface area contributed by atoms with E-state index in [9.17, 15) is 9.59 Å². The van der Waals surface area contributed by atoms with E-state index >= 15 is 0 Å². The lowest BCUT2D eigenvalue weighted by atomic mass is 10.3. The number of anilines is 2. The van der Waals surface area contributed by atoms with Gasteiger partial charge in [-0.3, -0.25) is 10.2 Å². The van der Waals surface area contributed by atoms with Gasteiger partial charge in [-0.05, 0) is 37.6 Å². The molecule has 29 heavy (non-hydrogen) atoms. The lowest BCUT2D eigenvalue weighted by Gasteiger charge is -2.22. The molecule has 0 heterocycles. The van der Waals surface area contributed by atoms with Crippen molar-refractivity contribution in [2.75, 3.05) is 36.6 Å². The van der Waals surface area contributed by atoms with Gasteiger partial charge in [-0.25, -0.2) is 9.59 Å². The van der Waals surface area contributed by atoms with E-state index in [1.165, 1.54) is 4.90 Å². The highest BCUT2D eigenvalue weighted by Crippen LogP contribution is 2.20. The summed E-state index contributed by atoms with van der Waals surface area (Å²) in [6.45, 7) is 5.54. The number of benzene rings is 2. The summed E-state index contributed by atoms with van der Waals surface area (Å²) in [4.78, 5) is 25.9. The minimum absolute atomic E-state index is 0.271. The molecule has 0 spiro atoms. The molecular formula is C22H28N2O5. The van der Waals surface area contributed by atoms with Crippen molar-refractivity contribution in [3.05, 3.63) is 54.6 Å². The minimum Gasteiger partial charge on any atom is -0.450 e. The van der Waals surface area contributed by atoms with E-state index in [0.717, 1.165) is 18.5 Å². The van der Waals surface area contributed by atoms with Gasteiger partial charge in [0.1, 0.15) is 5.75 Å².